The van der Waals surface area contributed by atoms with Crippen LogP contribution in [-0.2, 0) is 6.42 Å². The van der Waals surface area contributed by atoms with E-state index in [0.717, 1.165) is 0 Å². The average molecular weight is 274 g/mol. The second-order valence-corrected chi connectivity index (χ2v) is 8.05. The Morgan fingerprint density at radius 1 is 0.900 bits per heavy atom. The standard InChI is InChI=1S/C20H34/c1-7-8-12-15-20(5,6)18(19(2,3)4)16-17-13-10-9-11-14-17/h9-11,13-14,18H,7-8,12,15-16H2,1-6H3. The molecule has 0 N–H and O–H groups in total. The van der Waals surface area contributed by atoms with E-state index in [1.54, 1.807) is 0 Å². The molecule has 1 aromatic rings. The highest BCUT2D eigenvalue weighted by atomic mass is 14.4. The van der Waals surface area contributed by atoms with Crippen molar-refractivity contribution in [1.82, 2.24) is 0 Å². The summed E-state index contributed by atoms with van der Waals surface area (Å²) in [5.74, 6) is 0.717. The minimum Gasteiger partial charge on any atom is -0.0654 e. The normalized spacial score (nSPS) is 14.3. The van der Waals surface area contributed by atoms with E-state index in [4.69, 9.17) is 0 Å². The molecule has 0 aliphatic rings. The van der Waals surface area contributed by atoms with Crippen LogP contribution in [0.5, 0.6) is 0 Å². The number of hydrogen-bond acceptors (Lipinski definition) is 0. The van der Waals surface area contributed by atoms with Crippen molar-refractivity contribution in [2.75, 3.05) is 0 Å². The Balaban J connectivity index is 2.83. The molecule has 0 spiro atoms. The summed E-state index contributed by atoms with van der Waals surface area (Å²) in [5, 5.41) is 0. The summed E-state index contributed by atoms with van der Waals surface area (Å²) in [7, 11) is 0. The largest absolute Gasteiger partial charge is 0.0654 e. The second-order valence-electron chi connectivity index (χ2n) is 8.05. The number of unbranched alkanes of at least 4 members (excludes halogenated alkanes) is 2. The molecule has 0 bridgehead atoms. The Labute approximate surface area is 127 Å². The zero-order chi connectivity index (χ0) is 15.2. The van der Waals surface area contributed by atoms with Crippen LogP contribution in [0, 0.1) is 16.7 Å². The Hall–Kier alpha value is -0.780. The SMILES string of the molecule is CCCCCC(C)(C)C(Cc1ccccc1)C(C)(C)C. The number of hydrogen-bond donors (Lipinski definition) is 0. The van der Waals surface area contributed by atoms with E-state index in [1.807, 2.05) is 0 Å². The topological polar surface area (TPSA) is 0 Å². The predicted octanol–water partition coefficient (Wildman–Crippen LogP) is 6.50. The first-order chi connectivity index (χ1) is 9.27. The molecule has 0 saturated heterocycles. The lowest BCUT2D eigenvalue weighted by Gasteiger charge is -2.43. The van der Waals surface area contributed by atoms with Gasteiger partial charge in [-0.2, -0.15) is 0 Å². The highest BCUT2D eigenvalue weighted by Crippen LogP contribution is 2.45. The molecule has 1 aromatic carbocycles. The molecule has 0 saturated carbocycles. The molecule has 0 aromatic heterocycles. The van der Waals surface area contributed by atoms with Gasteiger partial charge in [-0.25, -0.2) is 0 Å². The average Bonchev–Trinajstić information content (AvgIpc) is 2.36. The van der Waals surface area contributed by atoms with Gasteiger partial charge in [0, 0.05) is 0 Å². The van der Waals surface area contributed by atoms with E-state index in [0.29, 0.717) is 16.7 Å². The molecule has 0 aliphatic heterocycles. The zero-order valence-corrected chi connectivity index (χ0v) is 14.5. The van der Waals surface area contributed by atoms with Crippen molar-refractivity contribution in [1.29, 1.82) is 0 Å². The van der Waals surface area contributed by atoms with Crippen molar-refractivity contribution in [3.8, 4) is 0 Å². The fourth-order valence-corrected chi connectivity index (χ4v) is 3.61. The van der Waals surface area contributed by atoms with Gasteiger partial charge in [0.05, 0.1) is 0 Å². The molecule has 0 heterocycles. The van der Waals surface area contributed by atoms with Crippen LogP contribution in [-0.4, -0.2) is 0 Å². The van der Waals surface area contributed by atoms with Crippen molar-refractivity contribution < 1.29 is 0 Å². The first-order valence-electron chi connectivity index (χ1n) is 8.31. The first kappa shape index (κ1) is 17.3. The smallest absolute Gasteiger partial charge is 0.0240 e. The summed E-state index contributed by atoms with van der Waals surface area (Å²) in [6, 6.07) is 11.0. The molecule has 1 rings (SSSR count). The first-order valence-corrected chi connectivity index (χ1v) is 8.31. The summed E-state index contributed by atoms with van der Waals surface area (Å²) in [5.41, 5.74) is 2.24. The Bertz CT molecular complexity index is 367. The van der Waals surface area contributed by atoms with Gasteiger partial charge in [-0.05, 0) is 35.2 Å². The lowest BCUT2D eigenvalue weighted by Crippen LogP contribution is -2.36. The van der Waals surface area contributed by atoms with Crippen LogP contribution in [0.4, 0.5) is 0 Å². The maximum absolute atomic E-state index is 2.47. The fourth-order valence-electron chi connectivity index (χ4n) is 3.61. The Kier molecular flexibility index (Phi) is 6.30. The molecule has 0 nitrogen and oxygen atoms in total. The van der Waals surface area contributed by atoms with Gasteiger partial charge in [-0.1, -0.05) is 91.1 Å². The van der Waals surface area contributed by atoms with Crippen LogP contribution >= 0.6 is 0 Å². The summed E-state index contributed by atoms with van der Waals surface area (Å²) in [6.45, 7) is 14.5. The minimum atomic E-state index is 0.353. The third kappa shape index (κ3) is 5.31. The lowest BCUT2D eigenvalue weighted by atomic mass is 9.62. The fraction of sp³-hybridized carbons (Fsp3) is 0.700. The maximum atomic E-state index is 2.47. The Morgan fingerprint density at radius 3 is 2.00 bits per heavy atom. The van der Waals surface area contributed by atoms with Crippen molar-refractivity contribution in [2.45, 2.75) is 73.6 Å². The number of rotatable bonds is 7. The van der Waals surface area contributed by atoms with E-state index in [1.165, 1.54) is 37.7 Å². The zero-order valence-electron chi connectivity index (χ0n) is 14.5. The highest BCUT2D eigenvalue weighted by molar-refractivity contribution is 5.16. The van der Waals surface area contributed by atoms with E-state index in [9.17, 15) is 0 Å². The van der Waals surface area contributed by atoms with Gasteiger partial charge in [0.1, 0.15) is 0 Å². The van der Waals surface area contributed by atoms with Crippen LogP contribution in [0.2, 0.25) is 0 Å². The molecule has 0 amide bonds. The highest BCUT2D eigenvalue weighted by Gasteiger charge is 2.37. The second kappa shape index (κ2) is 7.29. The van der Waals surface area contributed by atoms with E-state index in [-0.39, 0.29) is 0 Å². The van der Waals surface area contributed by atoms with Crippen molar-refractivity contribution >= 4 is 0 Å². The van der Waals surface area contributed by atoms with Gasteiger partial charge >= 0.3 is 0 Å². The van der Waals surface area contributed by atoms with Gasteiger partial charge in [0.25, 0.3) is 0 Å². The maximum Gasteiger partial charge on any atom is -0.0240 e. The summed E-state index contributed by atoms with van der Waals surface area (Å²) in [6.07, 6.45) is 6.59. The molecule has 1 atom stereocenters. The van der Waals surface area contributed by atoms with Gasteiger partial charge in [0.15, 0.2) is 0 Å². The van der Waals surface area contributed by atoms with Crippen molar-refractivity contribution in [3.63, 3.8) is 0 Å². The summed E-state index contributed by atoms with van der Waals surface area (Å²) >= 11 is 0. The van der Waals surface area contributed by atoms with E-state index < -0.39 is 0 Å². The molecule has 20 heavy (non-hydrogen) atoms. The van der Waals surface area contributed by atoms with Crippen LogP contribution in [0.1, 0.15) is 72.8 Å². The van der Waals surface area contributed by atoms with Gasteiger partial charge in [-0.3, -0.25) is 0 Å². The Morgan fingerprint density at radius 2 is 1.50 bits per heavy atom. The molecule has 114 valence electrons. The third-order valence-electron chi connectivity index (χ3n) is 4.70. The van der Waals surface area contributed by atoms with Crippen LogP contribution in [0.25, 0.3) is 0 Å². The van der Waals surface area contributed by atoms with Crippen LogP contribution < -0.4 is 0 Å². The van der Waals surface area contributed by atoms with Gasteiger partial charge < -0.3 is 0 Å². The van der Waals surface area contributed by atoms with Crippen LogP contribution in [0.3, 0.4) is 0 Å². The lowest BCUT2D eigenvalue weighted by molar-refractivity contribution is 0.0755. The summed E-state index contributed by atoms with van der Waals surface area (Å²) < 4.78 is 0. The van der Waals surface area contributed by atoms with Gasteiger partial charge in [-0.15, -0.1) is 0 Å². The minimum absolute atomic E-state index is 0.353. The molecular weight excluding hydrogens is 240 g/mol. The summed E-state index contributed by atoms with van der Waals surface area (Å²) in [4.78, 5) is 0. The van der Waals surface area contributed by atoms with Crippen LogP contribution in [0.15, 0.2) is 30.3 Å². The third-order valence-corrected chi connectivity index (χ3v) is 4.70. The number of benzene rings is 1. The molecule has 1 unspecified atom stereocenters. The molecule has 0 heteroatoms. The molecule has 0 radical (unpaired) electrons. The van der Waals surface area contributed by atoms with Gasteiger partial charge in [0.2, 0.25) is 0 Å². The molecular formula is C20H34. The quantitative estimate of drug-likeness (QED) is 0.498. The van der Waals surface area contributed by atoms with E-state index in [2.05, 4.69) is 71.9 Å². The monoisotopic (exact) mass is 274 g/mol. The van der Waals surface area contributed by atoms with Crippen molar-refractivity contribution in [3.05, 3.63) is 35.9 Å². The molecule has 0 aliphatic carbocycles. The van der Waals surface area contributed by atoms with Crippen molar-refractivity contribution in [2.24, 2.45) is 16.7 Å². The van der Waals surface area contributed by atoms with E-state index >= 15 is 0 Å². The predicted molar refractivity (Wildman–Crippen MR) is 91.0 cm³/mol. The molecule has 0 fully saturated rings.